The molecule has 3 rings (SSSR count). The van der Waals surface area contributed by atoms with Gasteiger partial charge in [0, 0.05) is 18.1 Å². The van der Waals surface area contributed by atoms with Crippen molar-refractivity contribution < 1.29 is 23.9 Å². The Morgan fingerprint density at radius 2 is 1.81 bits per heavy atom. The molecule has 8 nitrogen and oxygen atoms in total. The van der Waals surface area contributed by atoms with Crippen LogP contribution in [0.15, 0.2) is 54.9 Å². The molecule has 0 aliphatic carbocycles. The minimum absolute atomic E-state index is 0.118. The van der Waals surface area contributed by atoms with E-state index in [0.717, 1.165) is 0 Å². The molecule has 8 heteroatoms. The summed E-state index contributed by atoms with van der Waals surface area (Å²) in [4.78, 5) is 39.7. The van der Waals surface area contributed by atoms with Crippen LogP contribution in [0.1, 0.15) is 27.8 Å². The van der Waals surface area contributed by atoms with E-state index < -0.39 is 24.5 Å². The average molecular weight is 367 g/mol. The maximum absolute atomic E-state index is 12.0. The molecule has 0 atom stereocenters. The van der Waals surface area contributed by atoms with Gasteiger partial charge in [-0.25, -0.2) is 14.6 Å². The lowest BCUT2D eigenvalue weighted by atomic mass is 10.2. The number of amides is 1. The molecule has 2 aromatic heterocycles. The zero-order valence-corrected chi connectivity index (χ0v) is 14.5. The monoisotopic (exact) mass is 367 g/mol. The highest BCUT2D eigenvalue weighted by molar-refractivity contribution is 5.95. The molecular formula is C19H17N3O5. The molecule has 0 aliphatic rings. The van der Waals surface area contributed by atoms with Crippen LogP contribution in [0, 0.1) is 0 Å². The van der Waals surface area contributed by atoms with Crippen molar-refractivity contribution in [2.24, 2.45) is 0 Å². The molecule has 0 unspecified atom stereocenters. The first-order chi connectivity index (χ1) is 13.1. The van der Waals surface area contributed by atoms with Crippen LogP contribution in [0.4, 0.5) is 5.69 Å². The van der Waals surface area contributed by atoms with Crippen LogP contribution in [0.25, 0.3) is 5.65 Å². The number of ether oxygens (including phenoxy) is 2. The summed E-state index contributed by atoms with van der Waals surface area (Å²) >= 11 is 0. The lowest BCUT2D eigenvalue weighted by molar-refractivity contribution is -0.119. The summed E-state index contributed by atoms with van der Waals surface area (Å²) in [6, 6.07) is 11.6. The zero-order chi connectivity index (χ0) is 19.2. The minimum atomic E-state index is -0.688. The van der Waals surface area contributed by atoms with Gasteiger partial charge in [-0.15, -0.1) is 0 Å². The van der Waals surface area contributed by atoms with Crippen molar-refractivity contribution in [3.05, 3.63) is 66.1 Å². The Balaban J connectivity index is 1.53. The number of aromatic nitrogens is 2. The van der Waals surface area contributed by atoms with Gasteiger partial charge in [-0.2, -0.15) is 0 Å². The normalized spacial score (nSPS) is 10.4. The summed E-state index contributed by atoms with van der Waals surface area (Å²) in [7, 11) is 0. The molecule has 0 saturated carbocycles. The van der Waals surface area contributed by atoms with Crippen LogP contribution in [0.2, 0.25) is 0 Å². The highest BCUT2D eigenvalue weighted by Gasteiger charge is 2.14. The molecule has 0 aliphatic heterocycles. The largest absolute Gasteiger partial charge is 0.462 e. The van der Waals surface area contributed by atoms with Gasteiger partial charge in [0.05, 0.1) is 12.2 Å². The quantitative estimate of drug-likeness (QED) is 0.671. The molecule has 1 amide bonds. The molecule has 0 bridgehead atoms. The number of carbonyl (C=O) groups excluding carboxylic acids is 3. The Morgan fingerprint density at radius 3 is 2.52 bits per heavy atom. The van der Waals surface area contributed by atoms with Crippen molar-refractivity contribution in [2.75, 3.05) is 18.5 Å². The van der Waals surface area contributed by atoms with E-state index in [1.165, 1.54) is 18.3 Å². The van der Waals surface area contributed by atoms with Gasteiger partial charge in [-0.05, 0) is 43.3 Å². The predicted molar refractivity (Wildman–Crippen MR) is 96.5 cm³/mol. The number of hydrogen-bond acceptors (Lipinski definition) is 6. The third kappa shape index (κ3) is 4.49. The fraction of sp³-hybridized carbons (Fsp3) is 0.158. The van der Waals surface area contributed by atoms with Gasteiger partial charge in [-0.1, -0.05) is 6.07 Å². The highest BCUT2D eigenvalue weighted by Crippen LogP contribution is 2.11. The van der Waals surface area contributed by atoms with Crippen molar-refractivity contribution in [3.63, 3.8) is 0 Å². The van der Waals surface area contributed by atoms with Crippen molar-refractivity contribution >= 4 is 29.2 Å². The Labute approximate surface area is 154 Å². The van der Waals surface area contributed by atoms with Crippen LogP contribution in [-0.2, 0) is 14.3 Å². The molecule has 0 radical (unpaired) electrons. The number of anilines is 1. The Morgan fingerprint density at radius 1 is 1.04 bits per heavy atom. The maximum atomic E-state index is 12.0. The van der Waals surface area contributed by atoms with Crippen LogP contribution < -0.4 is 5.32 Å². The maximum Gasteiger partial charge on any atom is 0.359 e. The number of pyridine rings is 1. The van der Waals surface area contributed by atoms with Gasteiger partial charge in [0.25, 0.3) is 5.91 Å². The van der Waals surface area contributed by atoms with E-state index in [2.05, 4.69) is 10.3 Å². The number of carbonyl (C=O) groups is 3. The van der Waals surface area contributed by atoms with Crippen LogP contribution in [-0.4, -0.2) is 40.4 Å². The van der Waals surface area contributed by atoms with Crippen molar-refractivity contribution in [1.29, 1.82) is 0 Å². The van der Waals surface area contributed by atoms with E-state index in [0.29, 0.717) is 16.9 Å². The SMILES string of the molecule is CCOC(=O)c1ccc(NC(=O)COC(=O)c2cn3ccccc3n2)cc1. The van der Waals surface area contributed by atoms with Crippen molar-refractivity contribution in [2.45, 2.75) is 6.92 Å². The van der Waals surface area contributed by atoms with Crippen LogP contribution in [0.5, 0.6) is 0 Å². The smallest absolute Gasteiger partial charge is 0.359 e. The predicted octanol–water partition coefficient (Wildman–Crippen LogP) is 2.31. The molecule has 27 heavy (non-hydrogen) atoms. The molecule has 0 fully saturated rings. The molecule has 138 valence electrons. The van der Waals surface area contributed by atoms with Gasteiger partial charge < -0.3 is 19.2 Å². The fourth-order valence-corrected chi connectivity index (χ4v) is 2.34. The number of rotatable bonds is 6. The highest BCUT2D eigenvalue weighted by atomic mass is 16.5. The Kier molecular flexibility index (Phi) is 5.46. The number of hydrogen-bond donors (Lipinski definition) is 1. The van der Waals surface area contributed by atoms with Crippen LogP contribution >= 0.6 is 0 Å². The van der Waals surface area contributed by atoms with Gasteiger partial charge in [0.2, 0.25) is 0 Å². The zero-order valence-electron chi connectivity index (χ0n) is 14.5. The van der Waals surface area contributed by atoms with Crippen molar-refractivity contribution in [3.8, 4) is 0 Å². The number of benzene rings is 1. The van der Waals surface area contributed by atoms with E-state index in [1.54, 1.807) is 41.8 Å². The summed E-state index contributed by atoms with van der Waals surface area (Å²) in [6.07, 6.45) is 3.29. The van der Waals surface area contributed by atoms with Gasteiger partial charge in [0.15, 0.2) is 12.3 Å². The van der Waals surface area contributed by atoms with E-state index in [4.69, 9.17) is 9.47 Å². The first-order valence-corrected chi connectivity index (χ1v) is 8.24. The van der Waals surface area contributed by atoms with E-state index in [-0.39, 0.29) is 12.3 Å². The molecular weight excluding hydrogens is 350 g/mol. The number of nitrogens with one attached hydrogen (secondary N) is 1. The first-order valence-electron chi connectivity index (χ1n) is 8.24. The Hall–Kier alpha value is -3.68. The number of nitrogens with zero attached hydrogens (tertiary/aromatic N) is 2. The van der Waals surface area contributed by atoms with Crippen LogP contribution in [0.3, 0.4) is 0 Å². The molecule has 0 saturated heterocycles. The summed E-state index contributed by atoms with van der Waals surface area (Å²) in [6.45, 7) is 1.56. The number of fused-ring (bicyclic) bond motifs is 1. The van der Waals surface area contributed by atoms with E-state index in [9.17, 15) is 14.4 Å². The third-order valence-corrected chi connectivity index (χ3v) is 3.59. The summed E-state index contributed by atoms with van der Waals surface area (Å²) < 4.78 is 11.6. The molecule has 2 heterocycles. The molecule has 1 aromatic carbocycles. The second-order valence-electron chi connectivity index (χ2n) is 5.51. The number of esters is 2. The van der Waals surface area contributed by atoms with Gasteiger partial charge in [-0.3, -0.25) is 4.79 Å². The number of imidazole rings is 1. The van der Waals surface area contributed by atoms with Crippen molar-refractivity contribution in [1.82, 2.24) is 9.38 Å². The standard InChI is InChI=1S/C19H17N3O5/c1-2-26-18(24)13-6-8-14(9-7-13)20-17(23)12-27-19(25)15-11-22-10-4-3-5-16(22)21-15/h3-11H,2,12H2,1H3,(H,20,23). The van der Waals surface area contributed by atoms with E-state index in [1.807, 2.05) is 6.07 Å². The first kappa shape index (κ1) is 18.1. The molecule has 0 spiro atoms. The lowest BCUT2D eigenvalue weighted by Gasteiger charge is -2.07. The summed E-state index contributed by atoms with van der Waals surface area (Å²) in [5.74, 6) is -1.63. The second-order valence-corrected chi connectivity index (χ2v) is 5.51. The molecule has 3 aromatic rings. The second kappa shape index (κ2) is 8.13. The Bertz CT molecular complexity index is 945. The summed E-state index contributed by atoms with van der Waals surface area (Å²) in [5, 5.41) is 2.58. The summed E-state index contributed by atoms with van der Waals surface area (Å²) in [5.41, 5.74) is 1.58. The van der Waals surface area contributed by atoms with E-state index >= 15 is 0 Å². The topological polar surface area (TPSA) is 99.0 Å². The van der Waals surface area contributed by atoms with Gasteiger partial charge in [0.1, 0.15) is 5.65 Å². The van der Waals surface area contributed by atoms with Gasteiger partial charge >= 0.3 is 11.9 Å². The minimum Gasteiger partial charge on any atom is -0.462 e. The average Bonchev–Trinajstić information content (AvgIpc) is 3.11. The fourth-order valence-electron chi connectivity index (χ4n) is 2.34. The molecule has 1 N–H and O–H groups in total. The lowest BCUT2D eigenvalue weighted by Crippen LogP contribution is -2.21. The third-order valence-electron chi connectivity index (χ3n) is 3.59.